The molecule has 0 aliphatic carbocycles. The average molecular weight is 276 g/mol. The van der Waals surface area contributed by atoms with E-state index in [4.69, 9.17) is 0 Å². The number of carbonyl (C=O) groups excluding carboxylic acids is 1. The first-order valence-corrected chi connectivity index (χ1v) is 6.61. The van der Waals surface area contributed by atoms with Crippen LogP contribution in [0.5, 0.6) is 0 Å². The van der Waals surface area contributed by atoms with Gasteiger partial charge in [0, 0.05) is 0 Å². The van der Waals surface area contributed by atoms with Gasteiger partial charge in [-0.25, -0.2) is 4.79 Å². The van der Waals surface area contributed by atoms with E-state index in [1.54, 1.807) is 0 Å². The number of unbranched alkanes of at least 4 members (excludes halogenated alkanes) is 4. The molecule has 8 heteroatoms. The second-order valence-electron chi connectivity index (χ2n) is 3.50. The molecule has 0 fully saturated rings. The third kappa shape index (κ3) is 5.38. The highest BCUT2D eigenvalue weighted by atomic mass is 32.3. The van der Waals surface area contributed by atoms with E-state index in [0.717, 1.165) is 19.3 Å². The van der Waals surface area contributed by atoms with Gasteiger partial charge in [-0.3, -0.25) is 0 Å². The number of alkyl halides is 2. The van der Waals surface area contributed by atoms with Crippen LogP contribution in [0.25, 0.3) is 0 Å². The molecule has 0 spiro atoms. The van der Waals surface area contributed by atoms with Crippen LogP contribution in [0.15, 0.2) is 0 Å². The fourth-order valence-electron chi connectivity index (χ4n) is 1.05. The van der Waals surface area contributed by atoms with E-state index in [1.165, 1.54) is 0 Å². The molecule has 0 aromatic heterocycles. The zero-order chi connectivity index (χ0) is 13.5. The maximum atomic E-state index is 12.5. The predicted octanol–water partition coefficient (Wildman–Crippen LogP) is 2.39. The Kier molecular flexibility index (Phi) is 6.51. The van der Waals surface area contributed by atoms with Crippen LogP contribution in [0.4, 0.5) is 12.7 Å². The number of ether oxygens (including phenoxy) is 1. The van der Waals surface area contributed by atoms with E-state index in [1.807, 2.05) is 6.92 Å². The zero-order valence-corrected chi connectivity index (χ0v) is 10.2. The molecular formula is C9H15F3O4S. The zero-order valence-electron chi connectivity index (χ0n) is 9.42. The summed E-state index contributed by atoms with van der Waals surface area (Å²) in [5.74, 6) is -2.37. The molecule has 0 rings (SSSR count). The van der Waals surface area contributed by atoms with Gasteiger partial charge < -0.3 is 4.74 Å². The fraction of sp³-hybridized carbons (Fsp3) is 0.889. The van der Waals surface area contributed by atoms with Crippen LogP contribution >= 0.6 is 0 Å². The van der Waals surface area contributed by atoms with Crippen LogP contribution in [0.3, 0.4) is 0 Å². The first-order chi connectivity index (χ1) is 7.73. The summed E-state index contributed by atoms with van der Waals surface area (Å²) in [7, 11) is -6.26. The highest BCUT2D eigenvalue weighted by molar-refractivity contribution is 7.88. The smallest absolute Gasteiger partial charge is 0.460 e. The van der Waals surface area contributed by atoms with Crippen molar-refractivity contribution in [2.24, 2.45) is 0 Å². The second-order valence-corrected chi connectivity index (χ2v) is 4.89. The maximum absolute atomic E-state index is 12.5. The van der Waals surface area contributed by atoms with Crippen molar-refractivity contribution in [3.8, 4) is 0 Å². The summed E-state index contributed by atoms with van der Waals surface area (Å²) in [6, 6.07) is 0. The lowest BCUT2D eigenvalue weighted by Gasteiger charge is -2.10. The monoisotopic (exact) mass is 276 g/mol. The van der Waals surface area contributed by atoms with Crippen molar-refractivity contribution < 1.29 is 30.6 Å². The highest BCUT2D eigenvalue weighted by Gasteiger charge is 2.55. The molecule has 0 radical (unpaired) electrons. The van der Waals surface area contributed by atoms with Crippen LogP contribution in [0, 0.1) is 0 Å². The van der Waals surface area contributed by atoms with Crippen molar-refractivity contribution in [3.63, 3.8) is 0 Å². The van der Waals surface area contributed by atoms with Gasteiger partial charge in [-0.15, -0.1) is 0 Å². The third-order valence-corrected chi connectivity index (χ3v) is 2.80. The molecule has 0 aromatic rings. The summed E-state index contributed by atoms with van der Waals surface area (Å²) >= 11 is 0. The Labute approximate surface area is 98.4 Å². The van der Waals surface area contributed by atoms with Crippen LogP contribution in [-0.2, 0) is 19.8 Å². The molecule has 0 saturated carbocycles. The standard InChI is InChI=1S/C9H15F3O4S/c1-2-3-4-5-6-7-16-8(13)9(10,11)17(12,14)15/h2-7H2,1H3. The number of rotatable bonds is 8. The predicted molar refractivity (Wildman–Crippen MR) is 54.7 cm³/mol. The number of hydrogen-bond donors (Lipinski definition) is 0. The molecule has 0 unspecified atom stereocenters. The van der Waals surface area contributed by atoms with Crippen LogP contribution in [0.1, 0.15) is 39.0 Å². The van der Waals surface area contributed by atoms with Crippen molar-refractivity contribution in [1.29, 1.82) is 0 Å². The minimum absolute atomic E-state index is 0.340. The number of halogens is 3. The van der Waals surface area contributed by atoms with Gasteiger partial charge in [0.1, 0.15) is 0 Å². The van der Waals surface area contributed by atoms with Gasteiger partial charge >= 0.3 is 21.4 Å². The van der Waals surface area contributed by atoms with E-state index in [-0.39, 0.29) is 6.61 Å². The molecule has 0 aliphatic rings. The molecule has 0 saturated heterocycles. The lowest BCUT2D eigenvalue weighted by Crippen LogP contribution is -2.37. The SMILES string of the molecule is CCCCCCCOC(=O)C(F)(F)S(=O)(=O)F. The van der Waals surface area contributed by atoms with Crippen LogP contribution < -0.4 is 0 Å². The molecule has 0 heterocycles. The van der Waals surface area contributed by atoms with Gasteiger partial charge in [0.05, 0.1) is 6.61 Å². The molecule has 0 amide bonds. The van der Waals surface area contributed by atoms with E-state index in [2.05, 4.69) is 4.74 Å². The minimum Gasteiger partial charge on any atom is -0.460 e. The van der Waals surface area contributed by atoms with Gasteiger partial charge in [0.2, 0.25) is 0 Å². The van der Waals surface area contributed by atoms with E-state index in [9.17, 15) is 25.9 Å². The summed E-state index contributed by atoms with van der Waals surface area (Å²) in [5.41, 5.74) is 0. The maximum Gasteiger partial charge on any atom is 0.470 e. The molecular weight excluding hydrogens is 261 g/mol. The summed E-state index contributed by atoms with van der Waals surface area (Å²) in [6.45, 7) is 1.65. The van der Waals surface area contributed by atoms with Crippen molar-refractivity contribution in [3.05, 3.63) is 0 Å². The Bertz CT molecular complexity index is 340. The molecule has 0 aliphatic heterocycles. The molecule has 102 valence electrons. The highest BCUT2D eigenvalue weighted by Crippen LogP contribution is 2.25. The first kappa shape index (κ1) is 16.2. The molecule has 0 atom stereocenters. The van der Waals surface area contributed by atoms with Crippen molar-refractivity contribution >= 4 is 16.2 Å². The quantitative estimate of drug-likeness (QED) is 0.388. The summed E-state index contributed by atoms with van der Waals surface area (Å²) in [5, 5.41) is -5.11. The van der Waals surface area contributed by atoms with Gasteiger partial charge in [-0.1, -0.05) is 36.5 Å². The Balaban J connectivity index is 3.96. The average Bonchev–Trinajstić information content (AvgIpc) is 2.21. The molecule has 0 aromatic carbocycles. The molecule has 4 nitrogen and oxygen atoms in total. The van der Waals surface area contributed by atoms with E-state index in [0.29, 0.717) is 12.8 Å². The molecule has 0 bridgehead atoms. The lowest BCUT2D eigenvalue weighted by atomic mass is 10.2. The van der Waals surface area contributed by atoms with Crippen molar-refractivity contribution in [2.75, 3.05) is 6.61 Å². The lowest BCUT2D eigenvalue weighted by molar-refractivity contribution is -0.161. The van der Waals surface area contributed by atoms with Crippen LogP contribution in [-0.4, -0.2) is 26.2 Å². The fourth-order valence-corrected chi connectivity index (χ4v) is 1.31. The third-order valence-electron chi connectivity index (χ3n) is 2.02. The second kappa shape index (κ2) is 6.83. The van der Waals surface area contributed by atoms with Crippen molar-refractivity contribution in [2.45, 2.75) is 44.3 Å². The minimum atomic E-state index is -6.26. The van der Waals surface area contributed by atoms with Crippen molar-refractivity contribution in [1.82, 2.24) is 0 Å². The van der Waals surface area contributed by atoms with E-state index < -0.39 is 21.4 Å². The largest absolute Gasteiger partial charge is 0.470 e. The Hall–Kier alpha value is -0.790. The van der Waals surface area contributed by atoms with Gasteiger partial charge in [-0.2, -0.15) is 17.2 Å². The normalized spacial score (nSPS) is 12.5. The topological polar surface area (TPSA) is 60.4 Å². The molecule has 17 heavy (non-hydrogen) atoms. The Morgan fingerprint density at radius 3 is 2.18 bits per heavy atom. The van der Waals surface area contributed by atoms with Crippen LogP contribution in [0.2, 0.25) is 0 Å². The van der Waals surface area contributed by atoms with Gasteiger partial charge in [-0.05, 0) is 6.42 Å². The summed E-state index contributed by atoms with van der Waals surface area (Å²) < 4.78 is 61.0. The van der Waals surface area contributed by atoms with Gasteiger partial charge in [0.25, 0.3) is 0 Å². The van der Waals surface area contributed by atoms with E-state index >= 15 is 0 Å². The summed E-state index contributed by atoms with van der Waals surface area (Å²) in [4.78, 5) is 10.6. The Morgan fingerprint density at radius 2 is 1.71 bits per heavy atom. The number of hydrogen-bond acceptors (Lipinski definition) is 4. The number of carbonyl (C=O) groups is 1. The first-order valence-electron chi connectivity index (χ1n) is 5.22. The summed E-state index contributed by atoms with van der Waals surface area (Å²) in [6.07, 6.45) is 3.86. The molecule has 0 N–H and O–H groups in total. The Morgan fingerprint density at radius 1 is 1.18 bits per heavy atom. The van der Waals surface area contributed by atoms with Gasteiger partial charge in [0.15, 0.2) is 0 Å². The number of esters is 1.